The molecule has 8 heteroatoms. The standard InChI is InChI=1S/C21H17N3O.C2H2O4/c1-25-17-11-12-18-19(15-17)24(20-9-5-6-14-22-20)21(23-18)13-10-16-7-3-2-4-8-16;3-1(4)2(5)6/h2-15H,1H3;(H,3,4)(H,5,6)/b13-10+;. The van der Waals surface area contributed by atoms with Crippen LogP contribution in [0.2, 0.25) is 0 Å². The van der Waals surface area contributed by atoms with Crippen LogP contribution in [-0.2, 0) is 9.59 Å². The summed E-state index contributed by atoms with van der Waals surface area (Å²) < 4.78 is 7.41. The van der Waals surface area contributed by atoms with Crippen LogP contribution in [0.5, 0.6) is 5.75 Å². The van der Waals surface area contributed by atoms with E-state index in [0.29, 0.717) is 0 Å². The zero-order chi connectivity index (χ0) is 22.2. The number of aromatic nitrogens is 3. The Kier molecular flexibility index (Phi) is 6.74. The van der Waals surface area contributed by atoms with Crippen molar-refractivity contribution in [2.45, 2.75) is 0 Å². The number of nitrogens with zero attached hydrogens (tertiary/aromatic N) is 3. The Bertz CT molecular complexity index is 1210. The predicted molar refractivity (Wildman–Crippen MR) is 116 cm³/mol. The normalized spacial score (nSPS) is 10.5. The quantitative estimate of drug-likeness (QED) is 0.486. The van der Waals surface area contributed by atoms with E-state index in [0.717, 1.165) is 34.0 Å². The Morgan fingerprint density at radius 3 is 2.26 bits per heavy atom. The molecule has 2 heterocycles. The molecule has 2 N–H and O–H groups in total. The van der Waals surface area contributed by atoms with Crippen molar-refractivity contribution in [1.29, 1.82) is 0 Å². The number of methoxy groups -OCH3 is 1. The number of carboxylic acids is 2. The summed E-state index contributed by atoms with van der Waals surface area (Å²) in [5.41, 5.74) is 2.99. The number of fused-ring (bicyclic) bond motifs is 1. The van der Waals surface area contributed by atoms with E-state index in [2.05, 4.69) is 23.2 Å². The van der Waals surface area contributed by atoms with Gasteiger partial charge < -0.3 is 14.9 Å². The van der Waals surface area contributed by atoms with Gasteiger partial charge in [-0.3, -0.25) is 4.57 Å². The molecule has 2 aromatic carbocycles. The first-order valence-corrected chi connectivity index (χ1v) is 9.17. The largest absolute Gasteiger partial charge is 0.497 e. The first-order valence-electron chi connectivity index (χ1n) is 9.17. The Morgan fingerprint density at radius 1 is 0.935 bits per heavy atom. The van der Waals surface area contributed by atoms with Crippen LogP contribution >= 0.6 is 0 Å². The van der Waals surface area contributed by atoms with E-state index in [9.17, 15) is 0 Å². The second kappa shape index (κ2) is 9.84. The summed E-state index contributed by atoms with van der Waals surface area (Å²) in [6.07, 6.45) is 5.85. The average Bonchev–Trinajstić information content (AvgIpc) is 3.16. The van der Waals surface area contributed by atoms with E-state index in [1.807, 2.05) is 65.2 Å². The fourth-order valence-corrected chi connectivity index (χ4v) is 2.77. The molecule has 156 valence electrons. The van der Waals surface area contributed by atoms with Gasteiger partial charge >= 0.3 is 11.9 Å². The van der Waals surface area contributed by atoms with Crippen molar-refractivity contribution in [3.8, 4) is 11.6 Å². The van der Waals surface area contributed by atoms with Crippen molar-refractivity contribution in [1.82, 2.24) is 14.5 Å². The third-order valence-corrected chi connectivity index (χ3v) is 4.17. The van der Waals surface area contributed by atoms with Crippen molar-refractivity contribution in [3.63, 3.8) is 0 Å². The van der Waals surface area contributed by atoms with E-state index < -0.39 is 11.9 Å². The molecule has 2 aromatic heterocycles. The van der Waals surface area contributed by atoms with Gasteiger partial charge in [0.2, 0.25) is 0 Å². The summed E-state index contributed by atoms with van der Waals surface area (Å²) >= 11 is 0. The number of hydrogen-bond donors (Lipinski definition) is 2. The number of hydrogen-bond acceptors (Lipinski definition) is 5. The van der Waals surface area contributed by atoms with Crippen molar-refractivity contribution in [2.75, 3.05) is 7.11 Å². The van der Waals surface area contributed by atoms with E-state index in [-0.39, 0.29) is 0 Å². The average molecular weight is 417 g/mol. The van der Waals surface area contributed by atoms with Gasteiger partial charge in [0.05, 0.1) is 18.1 Å². The van der Waals surface area contributed by atoms with Gasteiger partial charge in [0.1, 0.15) is 17.4 Å². The highest BCUT2D eigenvalue weighted by Crippen LogP contribution is 2.25. The fraction of sp³-hybridized carbons (Fsp3) is 0.0435. The van der Waals surface area contributed by atoms with Crippen LogP contribution in [-0.4, -0.2) is 43.8 Å². The molecule has 0 radical (unpaired) electrons. The van der Waals surface area contributed by atoms with Gasteiger partial charge in [-0.15, -0.1) is 0 Å². The third-order valence-electron chi connectivity index (χ3n) is 4.17. The van der Waals surface area contributed by atoms with Gasteiger partial charge in [-0.1, -0.05) is 42.5 Å². The lowest BCUT2D eigenvalue weighted by molar-refractivity contribution is -0.159. The molecule has 0 saturated heterocycles. The Morgan fingerprint density at radius 2 is 1.65 bits per heavy atom. The number of benzene rings is 2. The summed E-state index contributed by atoms with van der Waals surface area (Å²) in [6.45, 7) is 0. The second-order valence-electron chi connectivity index (χ2n) is 6.20. The Labute approximate surface area is 177 Å². The molecule has 0 aliphatic rings. The third kappa shape index (κ3) is 5.33. The molecular formula is C23H19N3O5. The summed E-state index contributed by atoms with van der Waals surface area (Å²) in [5, 5.41) is 14.8. The van der Waals surface area contributed by atoms with Crippen LogP contribution in [0.15, 0.2) is 72.9 Å². The summed E-state index contributed by atoms with van der Waals surface area (Å²) in [5.74, 6) is -1.20. The minimum absolute atomic E-state index is 0.795. The molecule has 0 aliphatic carbocycles. The van der Waals surface area contributed by atoms with Crippen LogP contribution in [0.25, 0.3) is 29.0 Å². The molecular weight excluding hydrogens is 398 g/mol. The maximum absolute atomic E-state index is 9.10. The molecule has 0 fully saturated rings. The first-order chi connectivity index (χ1) is 15.0. The number of carbonyl (C=O) groups is 2. The minimum atomic E-state index is -1.82. The number of ether oxygens (including phenoxy) is 1. The number of pyridine rings is 1. The van der Waals surface area contributed by atoms with Gasteiger partial charge in [-0.05, 0) is 35.9 Å². The van der Waals surface area contributed by atoms with Crippen LogP contribution in [0.1, 0.15) is 11.4 Å². The molecule has 4 rings (SSSR count). The van der Waals surface area contributed by atoms with Gasteiger partial charge in [0, 0.05) is 12.3 Å². The molecule has 0 aliphatic heterocycles. The number of imidazole rings is 1. The second-order valence-corrected chi connectivity index (χ2v) is 6.20. The van der Waals surface area contributed by atoms with Crippen LogP contribution < -0.4 is 4.74 Å². The van der Waals surface area contributed by atoms with Crippen LogP contribution in [0.4, 0.5) is 0 Å². The highest BCUT2D eigenvalue weighted by atomic mass is 16.5. The molecule has 0 saturated carbocycles. The Balaban J connectivity index is 0.000000401. The fourth-order valence-electron chi connectivity index (χ4n) is 2.77. The predicted octanol–water partition coefficient (Wildman–Crippen LogP) is 3.76. The molecule has 0 spiro atoms. The summed E-state index contributed by atoms with van der Waals surface area (Å²) in [4.78, 5) is 27.4. The summed E-state index contributed by atoms with van der Waals surface area (Å²) in [7, 11) is 1.67. The minimum Gasteiger partial charge on any atom is -0.497 e. The van der Waals surface area contributed by atoms with Crippen LogP contribution in [0, 0.1) is 0 Å². The highest BCUT2D eigenvalue weighted by molar-refractivity contribution is 6.27. The number of aliphatic carboxylic acids is 2. The van der Waals surface area contributed by atoms with Gasteiger partial charge in [-0.2, -0.15) is 0 Å². The SMILES string of the molecule is COc1ccc2nc(/C=C/c3ccccc3)n(-c3ccccn3)c2c1.O=C(O)C(=O)O. The highest BCUT2D eigenvalue weighted by Gasteiger charge is 2.12. The molecule has 0 atom stereocenters. The summed E-state index contributed by atoms with van der Waals surface area (Å²) in [6, 6.07) is 21.9. The first kappa shape index (κ1) is 21.3. The molecule has 4 aromatic rings. The lowest BCUT2D eigenvalue weighted by atomic mass is 10.2. The zero-order valence-corrected chi connectivity index (χ0v) is 16.5. The van der Waals surface area contributed by atoms with Gasteiger partial charge in [-0.25, -0.2) is 19.6 Å². The van der Waals surface area contributed by atoms with Crippen molar-refractivity contribution < 1.29 is 24.5 Å². The molecule has 0 unspecified atom stereocenters. The van der Waals surface area contributed by atoms with Crippen molar-refractivity contribution in [3.05, 3.63) is 84.3 Å². The van der Waals surface area contributed by atoms with E-state index in [1.54, 1.807) is 13.3 Å². The smallest absolute Gasteiger partial charge is 0.414 e. The lowest BCUT2D eigenvalue weighted by Crippen LogP contribution is -2.09. The lowest BCUT2D eigenvalue weighted by Gasteiger charge is -2.06. The monoisotopic (exact) mass is 417 g/mol. The van der Waals surface area contributed by atoms with Gasteiger partial charge in [0.25, 0.3) is 0 Å². The number of rotatable bonds is 4. The Hall–Kier alpha value is -4.46. The van der Waals surface area contributed by atoms with Crippen LogP contribution in [0.3, 0.4) is 0 Å². The maximum Gasteiger partial charge on any atom is 0.414 e. The van der Waals surface area contributed by atoms with Crippen molar-refractivity contribution >= 4 is 35.1 Å². The zero-order valence-electron chi connectivity index (χ0n) is 16.5. The topological polar surface area (TPSA) is 115 Å². The van der Waals surface area contributed by atoms with Gasteiger partial charge in [0.15, 0.2) is 0 Å². The molecule has 0 amide bonds. The van der Waals surface area contributed by atoms with E-state index >= 15 is 0 Å². The van der Waals surface area contributed by atoms with E-state index in [4.69, 9.17) is 29.5 Å². The maximum atomic E-state index is 9.10. The van der Waals surface area contributed by atoms with E-state index in [1.165, 1.54) is 0 Å². The van der Waals surface area contributed by atoms with Crippen molar-refractivity contribution in [2.24, 2.45) is 0 Å². The molecule has 31 heavy (non-hydrogen) atoms. The number of carboxylic acid groups (broad SMARTS) is 2. The molecule has 8 nitrogen and oxygen atoms in total. The molecule has 0 bridgehead atoms.